The Morgan fingerprint density at radius 1 is 1.21 bits per heavy atom. The summed E-state index contributed by atoms with van der Waals surface area (Å²) in [5.74, 6) is -0.942. The van der Waals surface area contributed by atoms with Crippen molar-refractivity contribution in [1.82, 2.24) is 4.98 Å². The summed E-state index contributed by atoms with van der Waals surface area (Å²) in [6.07, 6.45) is 1.59. The predicted molar refractivity (Wildman–Crippen MR) is 73.1 cm³/mol. The van der Waals surface area contributed by atoms with Crippen LogP contribution in [0.25, 0.3) is 0 Å². The second-order valence-corrected chi connectivity index (χ2v) is 6.49. The van der Waals surface area contributed by atoms with E-state index in [-0.39, 0.29) is 4.90 Å². The van der Waals surface area contributed by atoms with Crippen molar-refractivity contribution in [2.75, 3.05) is 5.75 Å². The normalized spacial score (nSPS) is 11.5. The lowest BCUT2D eigenvalue weighted by Gasteiger charge is -2.07. The SMILES string of the molecule is Cc1ccc(S(=O)(=O)CC(=O)c2ccc[nH]2)c(C)c1. The lowest BCUT2D eigenvalue weighted by Crippen LogP contribution is -2.17. The van der Waals surface area contributed by atoms with Crippen molar-refractivity contribution in [3.63, 3.8) is 0 Å². The summed E-state index contributed by atoms with van der Waals surface area (Å²) >= 11 is 0. The second kappa shape index (κ2) is 5.01. The smallest absolute Gasteiger partial charge is 0.194 e. The van der Waals surface area contributed by atoms with Gasteiger partial charge in [0, 0.05) is 6.20 Å². The van der Waals surface area contributed by atoms with Crippen LogP contribution in [0.3, 0.4) is 0 Å². The minimum Gasteiger partial charge on any atom is -0.359 e. The molecule has 0 amide bonds. The maximum Gasteiger partial charge on any atom is 0.194 e. The molecule has 0 aliphatic rings. The molecule has 1 aromatic heterocycles. The molecule has 0 bridgehead atoms. The number of carbonyl (C=O) groups excluding carboxylic acids is 1. The largest absolute Gasteiger partial charge is 0.359 e. The van der Waals surface area contributed by atoms with E-state index in [1.807, 2.05) is 6.92 Å². The van der Waals surface area contributed by atoms with Gasteiger partial charge in [-0.25, -0.2) is 8.42 Å². The molecule has 2 aromatic rings. The quantitative estimate of drug-likeness (QED) is 0.872. The Kier molecular flexibility index (Phi) is 3.57. The van der Waals surface area contributed by atoms with Crippen molar-refractivity contribution in [3.05, 3.63) is 53.3 Å². The average Bonchev–Trinajstić information content (AvgIpc) is 2.80. The van der Waals surface area contributed by atoms with E-state index in [2.05, 4.69) is 4.98 Å². The first-order chi connectivity index (χ1) is 8.90. The van der Waals surface area contributed by atoms with Crippen molar-refractivity contribution >= 4 is 15.6 Å². The van der Waals surface area contributed by atoms with Gasteiger partial charge >= 0.3 is 0 Å². The van der Waals surface area contributed by atoms with Gasteiger partial charge in [-0.1, -0.05) is 17.7 Å². The molecule has 2 rings (SSSR count). The number of benzene rings is 1. The molecule has 4 nitrogen and oxygen atoms in total. The van der Waals surface area contributed by atoms with Crippen LogP contribution < -0.4 is 0 Å². The Hall–Kier alpha value is -1.88. The number of hydrogen-bond acceptors (Lipinski definition) is 3. The topological polar surface area (TPSA) is 67.0 Å². The van der Waals surface area contributed by atoms with Crippen molar-refractivity contribution in [2.24, 2.45) is 0 Å². The number of H-pyrrole nitrogens is 1. The average molecular weight is 277 g/mol. The van der Waals surface area contributed by atoms with Crippen molar-refractivity contribution < 1.29 is 13.2 Å². The van der Waals surface area contributed by atoms with Gasteiger partial charge < -0.3 is 4.98 Å². The summed E-state index contributed by atoms with van der Waals surface area (Å²) in [4.78, 5) is 14.8. The Balaban J connectivity index is 2.30. The molecule has 5 heteroatoms. The Bertz CT molecular complexity index is 700. The Morgan fingerprint density at radius 2 is 1.95 bits per heavy atom. The molecule has 0 saturated heterocycles. The molecule has 100 valence electrons. The minimum absolute atomic E-state index is 0.220. The molecular formula is C14H15NO3S. The number of carbonyl (C=O) groups is 1. The van der Waals surface area contributed by atoms with Crippen LogP contribution in [0.1, 0.15) is 21.6 Å². The van der Waals surface area contributed by atoms with Gasteiger partial charge in [0.15, 0.2) is 15.6 Å². The highest BCUT2D eigenvalue weighted by molar-refractivity contribution is 7.92. The number of Topliss-reactive ketones (excluding diaryl/α,β-unsaturated/α-hetero) is 1. The molecule has 1 heterocycles. The van der Waals surface area contributed by atoms with Gasteiger partial charge in [-0.05, 0) is 37.6 Å². The van der Waals surface area contributed by atoms with Crippen molar-refractivity contribution in [3.8, 4) is 0 Å². The molecule has 0 unspecified atom stereocenters. The second-order valence-electron chi connectivity index (χ2n) is 4.54. The molecule has 0 radical (unpaired) electrons. The molecule has 1 N–H and O–H groups in total. The number of aromatic nitrogens is 1. The van der Waals surface area contributed by atoms with Crippen molar-refractivity contribution in [1.29, 1.82) is 0 Å². The number of nitrogens with one attached hydrogen (secondary N) is 1. The summed E-state index contributed by atoms with van der Waals surface area (Å²) in [5.41, 5.74) is 1.97. The number of sulfone groups is 1. The fourth-order valence-corrected chi connectivity index (χ4v) is 3.46. The first-order valence-electron chi connectivity index (χ1n) is 5.87. The molecule has 0 aliphatic carbocycles. The number of aryl methyl sites for hydroxylation is 2. The third-order valence-corrected chi connectivity index (χ3v) is 4.66. The number of aromatic amines is 1. The fourth-order valence-electron chi connectivity index (χ4n) is 1.98. The minimum atomic E-state index is -3.60. The van der Waals surface area contributed by atoms with Crippen LogP contribution in [0.2, 0.25) is 0 Å². The zero-order chi connectivity index (χ0) is 14.0. The Morgan fingerprint density at radius 3 is 2.53 bits per heavy atom. The van der Waals surface area contributed by atoms with E-state index < -0.39 is 21.4 Å². The first-order valence-corrected chi connectivity index (χ1v) is 7.52. The van der Waals surface area contributed by atoms with Crippen LogP contribution in [0.5, 0.6) is 0 Å². The van der Waals surface area contributed by atoms with Gasteiger partial charge in [0.1, 0.15) is 5.75 Å². The summed E-state index contributed by atoms with van der Waals surface area (Å²) in [7, 11) is -3.60. The van der Waals surface area contributed by atoms with Gasteiger partial charge in [0.2, 0.25) is 0 Å². The van der Waals surface area contributed by atoms with Gasteiger partial charge in [-0.15, -0.1) is 0 Å². The van der Waals surface area contributed by atoms with Crippen LogP contribution >= 0.6 is 0 Å². The third kappa shape index (κ3) is 2.93. The maximum absolute atomic E-state index is 12.2. The molecule has 19 heavy (non-hydrogen) atoms. The molecule has 0 aliphatic heterocycles. The summed E-state index contributed by atoms with van der Waals surface area (Å²) in [6.45, 7) is 3.63. The van der Waals surface area contributed by atoms with Gasteiger partial charge in [0.25, 0.3) is 0 Å². The number of ketones is 1. The zero-order valence-electron chi connectivity index (χ0n) is 10.8. The molecule has 0 fully saturated rings. The lowest BCUT2D eigenvalue weighted by atomic mass is 10.2. The third-order valence-electron chi connectivity index (χ3n) is 2.88. The van der Waals surface area contributed by atoms with E-state index in [1.54, 1.807) is 43.5 Å². The van der Waals surface area contributed by atoms with E-state index >= 15 is 0 Å². The maximum atomic E-state index is 12.2. The predicted octanol–water partition coefficient (Wildman–Crippen LogP) is 2.29. The Labute approximate surface area is 112 Å². The zero-order valence-corrected chi connectivity index (χ0v) is 11.6. The number of hydrogen-bond donors (Lipinski definition) is 1. The monoisotopic (exact) mass is 277 g/mol. The summed E-state index contributed by atoms with van der Waals surface area (Å²) in [6, 6.07) is 8.32. The van der Waals surface area contributed by atoms with Crippen LogP contribution in [0, 0.1) is 13.8 Å². The van der Waals surface area contributed by atoms with Crippen LogP contribution in [0.15, 0.2) is 41.4 Å². The van der Waals surface area contributed by atoms with E-state index in [1.165, 1.54) is 0 Å². The fraction of sp³-hybridized carbons (Fsp3) is 0.214. The molecule has 0 atom stereocenters. The van der Waals surface area contributed by atoms with E-state index in [0.29, 0.717) is 11.3 Å². The van der Waals surface area contributed by atoms with Crippen LogP contribution in [-0.4, -0.2) is 24.9 Å². The lowest BCUT2D eigenvalue weighted by molar-refractivity contribution is 0.101. The van der Waals surface area contributed by atoms with Crippen LogP contribution in [-0.2, 0) is 9.84 Å². The van der Waals surface area contributed by atoms with Gasteiger partial charge in [-0.2, -0.15) is 0 Å². The van der Waals surface area contributed by atoms with E-state index in [0.717, 1.165) is 5.56 Å². The molecule has 1 aromatic carbocycles. The van der Waals surface area contributed by atoms with E-state index in [4.69, 9.17) is 0 Å². The molecule has 0 spiro atoms. The highest BCUT2D eigenvalue weighted by Crippen LogP contribution is 2.18. The van der Waals surface area contributed by atoms with E-state index in [9.17, 15) is 13.2 Å². The summed E-state index contributed by atoms with van der Waals surface area (Å²) < 4.78 is 24.5. The standard InChI is InChI=1S/C14H15NO3S/c1-10-5-6-14(11(2)8-10)19(17,18)9-13(16)12-4-3-7-15-12/h3-8,15H,9H2,1-2H3. The number of rotatable bonds is 4. The van der Waals surface area contributed by atoms with Gasteiger partial charge in [0.05, 0.1) is 10.6 Å². The molecular weight excluding hydrogens is 262 g/mol. The first kappa shape index (κ1) is 13.5. The summed E-state index contributed by atoms with van der Waals surface area (Å²) in [5, 5.41) is 0. The highest BCUT2D eigenvalue weighted by Gasteiger charge is 2.22. The van der Waals surface area contributed by atoms with Crippen molar-refractivity contribution in [2.45, 2.75) is 18.7 Å². The molecule has 0 saturated carbocycles. The van der Waals surface area contributed by atoms with Gasteiger partial charge in [-0.3, -0.25) is 4.79 Å². The highest BCUT2D eigenvalue weighted by atomic mass is 32.2. The van der Waals surface area contributed by atoms with Crippen LogP contribution in [0.4, 0.5) is 0 Å².